The first kappa shape index (κ1) is 14.8. The highest BCUT2D eigenvalue weighted by Crippen LogP contribution is 2.09. The van der Waals surface area contributed by atoms with Crippen LogP contribution in [0.3, 0.4) is 0 Å². The minimum atomic E-state index is 0.0980. The van der Waals surface area contributed by atoms with E-state index in [0.717, 1.165) is 30.8 Å². The quantitative estimate of drug-likeness (QED) is 0.815. The molecule has 1 aromatic heterocycles. The van der Waals surface area contributed by atoms with Crippen molar-refractivity contribution < 1.29 is 5.11 Å². The van der Waals surface area contributed by atoms with Crippen molar-refractivity contribution in [3.05, 3.63) is 53.3 Å². The molecule has 0 saturated heterocycles. The van der Waals surface area contributed by atoms with Crippen molar-refractivity contribution in [3.8, 4) is 0 Å². The summed E-state index contributed by atoms with van der Waals surface area (Å²) in [6.45, 7) is 6.01. The van der Waals surface area contributed by atoms with E-state index < -0.39 is 0 Å². The first-order valence-electron chi connectivity index (χ1n) is 7.16. The second kappa shape index (κ2) is 7.22. The molecule has 108 valence electrons. The van der Waals surface area contributed by atoms with Crippen molar-refractivity contribution in [2.24, 2.45) is 0 Å². The molecule has 20 heavy (non-hydrogen) atoms. The molecule has 0 bridgehead atoms. The van der Waals surface area contributed by atoms with Crippen LogP contribution in [0.2, 0.25) is 0 Å². The van der Waals surface area contributed by atoms with E-state index in [2.05, 4.69) is 30.3 Å². The van der Waals surface area contributed by atoms with Gasteiger partial charge in [-0.1, -0.05) is 31.2 Å². The summed E-state index contributed by atoms with van der Waals surface area (Å²) in [5, 5.41) is 16.9. The zero-order valence-corrected chi connectivity index (χ0v) is 12.2. The molecule has 2 rings (SSSR count). The minimum Gasteiger partial charge on any atom is -0.392 e. The molecule has 4 nitrogen and oxygen atoms in total. The van der Waals surface area contributed by atoms with Crippen LogP contribution in [0.4, 0.5) is 0 Å². The number of benzene rings is 1. The summed E-state index contributed by atoms with van der Waals surface area (Å²) < 4.78 is 2.02. The van der Waals surface area contributed by atoms with Gasteiger partial charge < -0.3 is 10.4 Å². The van der Waals surface area contributed by atoms with Gasteiger partial charge in [0.05, 0.1) is 12.3 Å². The fourth-order valence-corrected chi connectivity index (χ4v) is 2.00. The van der Waals surface area contributed by atoms with Gasteiger partial charge in [0.15, 0.2) is 0 Å². The van der Waals surface area contributed by atoms with Gasteiger partial charge in [-0.3, -0.25) is 4.68 Å². The number of rotatable bonds is 7. The van der Waals surface area contributed by atoms with Crippen LogP contribution in [-0.4, -0.2) is 14.9 Å². The predicted octanol–water partition coefficient (Wildman–Crippen LogP) is 2.64. The highest BCUT2D eigenvalue weighted by atomic mass is 16.3. The fraction of sp³-hybridized carbons (Fsp3) is 0.438. The zero-order valence-electron chi connectivity index (χ0n) is 12.2. The molecule has 4 heteroatoms. The zero-order chi connectivity index (χ0) is 14.4. The summed E-state index contributed by atoms with van der Waals surface area (Å²) in [7, 11) is 0. The molecule has 1 heterocycles. The van der Waals surface area contributed by atoms with Crippen molar-refractivity contribution in [2.45, 2.75) is 46.0 Å². The number of nitrogens with one attached hydrogen (secondary N) is 1. The Morgan fingerprint density at radius 3 is 2.50 bits per heavy atom. The van der Waals surface area contributed by atoms with Crippen LogP contribution in [0.15, 0.2) is 36.5 Å². The van der Waals surface area contributed by atoms with Crippen LogP contribution in [0.1, 0.15) is 43.1 Å². The molecular weight excluding hydrogens is 250 g/mol. The average Bonchev–Trinajstić information content (AvgIpc) is 2.96. The van der Waals surface area contributed by atoms with Crippen LogP contribution in [0.5, 0.6) is 0 Å². The highest BCUT2D eigenvalue weighted by molar-refractivity contribution is 5.21. The van der Waals surface area contributed by atoms with Gasteiger partial charge in [-0.05, 0) is 30.5 Å². The minimum absolute atomic E-state index is 0.0980. The highest BCUT2D eigenvalue weighted by Gasteiger charge is 2.04. The van der Waals surface area contributed by atoms with E-state index >= 15 is 0 Å². The normalized spacial score (nSPS) is 12.6. The fourth-order valence-electron chi connectivity index (χ4n) is 2.00. The van der Waals surface area contributed by atoms with Gasteiger partial charge in [0.1, 0.15) is 0 Å². The number of nitrogens with zero attached hydrogens (tertiary/aromatic N) is 2. The van der Waals surface area contributed by atoms with Gasteiger partial charge in [-0.15, -0.1) is 0 Å². The van der Waals surface area contributed by atoms with Crippen LogP contribution in [0.25, 0.3) is 0 Å². The summed E-state index contributed by atoms with van der Waals surface area (Å²) in [5.74, 6) is 0. The molecule has 1 aromatic carbocycles. The van der Waals surface area contributed by atoms with Crippen molar-refractivity contribution in [2.75, 3.05) is 0 Å². The predicted molar refractivity (Wildman–Crippen MR) is 80.1 cm³/mol. The number of aromatic nitrogens is 2. The largest absolute Gasteiger partial charge is 0.392 e. The van der Waals surface area contributed by atoms with Crippen molar-refractivity contribution in [1.29, 1.82) is 0 Å². The Hall–Kier alpha value is -1.65. The summed E-state index contributed by atoms with van der Waals surface area (Å²) in [6.07, 6.45) is 3.13. The molecule has 0 aliphatic carbocycles. The molecule has 0 saturated carbocycles. The molecule has 2 aromatic rings. The molecule has 0 amide bonds. The van der Waals surface area contributed by atoms with Crippen LogP contribution >= 0.6 is 0 Å². The molecular formula is C16H23N3O. The molecule has 0 fully saturated rings. The first-order chi connectivity index (χ1) is 9.72. The summed E-state index contributed by atoms with van der Waals surface area (Å²) in [6, 6.07) is 10.5. The van der Waals surface area contributed by atoms with Gasteiger partial charge in [-0.2, -0.15) is 5.10 Å². The van der Waals surface area contributed by atoms with Crippen LogP contribution in [0, 0.1) is 0 Å². The lowest BCUT2D eigenvalue weighted by atomic mass is 10.1. The van der Waals surface area contributed by atoms with E-state index in [0.29, 0.717) is 6.04 Å². The third-order valence-electron chi connectivity index (χ3n) is 3.55. The van der Waals surface area contributed by atoms with E-state index in [-0.39, 0.29) is 6.61 Å². The number of hydrogen-bond acceptors (Lipinski definition) is 3. The van der Waals surface area contributed by atoms with E-state index in [9.17, 15) is 0 Å². The second-order valence-corrected chi connectivity index (χ2v) is 5.12. The SMILES string of the molecule is CCC(C)n1ccc(CNCc2ccc(CO)cc2)n1. The Kier molecular flexibility index (Phi) is 5.32. The number of aliphatic hydroxyl groups is 1. The summed E-state index contributed by atoms with van der Waals surface area (Å²) in [4.78, 5) is 0. The molecule has 0 spiro atoms. The Bertz CT molecular complexity index is 519. The monoisotopic (exact) mass is 273 g/mol. The van der Waals surface area contributed by atoms with Gasteiger partial charge in [0.25, 0.3) is 0 Å². The Balaban J connectivity index is 1.81. The maximum Gasteiger partial charge on any atom is 0.0762 e. The maximum atomic E-state index is 8.99. The van der Waals surface area contributed by atoms with E-state index in [4.69, 9.17) is 5.11 Å². The molecule has 1 unspecified atom stereocenters. The first-order valence-corrected chi connectivity index (χ1v) is 7.16. The van der Waals surface area contributed by atoms with E-state index in [1.165, 1.54) is 5.56 Å². The van der Waals surface area contributed by atoms with Crippen LogP contribution in [-0.2, 0) is 19.7 Å². The molecule has 1 atom stereocenters. The molecule has 0 aliphatic rings. The van der Waals surface area contributed by atoms with E-state index in [1.54, 1.807) is 0 Å². The Morgan fingerprint density at radius 2 is 1.85 bits per heavy atom. The van der Waals surface area contributed by atoms with E-state index in [1.807, 2.05) is 35.1 Å². The Morgan fingerprint density at radius 1 is 1.15 bits per heavy atom. The third-order valence-corrected chi connectivity index (χ3v) is 3.55. The second-order valence-electron chi connectivity index (χ2n) is 5.12. The molecule has 0 aliphatic heterocycles. The smallest absolute Gasteiger partial charge is 0.0762 e. The number of hydrogen-bond donors (Lipinski definition) is 2. The Labute approximate surface area is 120 Å². The maximum absolute atomic E-state index is 8.99. The lowest BCUT2D eigenvalue weighted by Crippen LogP contribution is -2.14. The van der Waals surface area contributed by atoms with Crippen molar-refractivity contribution in [3.63, 3.8) is 0 Å². The summed E-state index contributed by atoms with van der Waals surface area (Å²) >= 11 is 0. The lowest BCUT2D eigenvalue weighted by molar-refractivity contribution is 0.282. The van der Waals surface area contributed by atoms with Crippen molar-refractivity contribution in [1.82, 2.24) is 15.1 Å². The van der Waals surface area contributed by atoms with Gasteiger partial charge >= 0.3 is 0 Å². The standard InChI is InChI=1S/C16H23N3O/c1-3-13(2)19-9-8-16(18-19)11-17-10-14-4-6-15(12-20)7-5-14/h4-9,13,17,20H,3,10-12H2,1-2H3. The third kappa shape index (κ3) is 3.92. The molecule has 0 radical (unpaired) electrons. The summed E-state index contributed by atoms with van der Waals surface area (Å²) in [5.41, 5.74) is 3.22. The van der Waals surface area contributed by atoms with Crippen LogP contribution < -0.4 is 5.32 Å². The topological polar surface area (TPSA) is 50.1 Å². The lowest BCUT2D eigenvalue weighted by Gasteiger charge is -2.08. The van der Waals surface area contributed by atoms with Crippen molar-refractivity contribution >= 4 is 0 Å². The van der Waals surface area contributed by atoms with Gasteiger partial charge in [0, 0.05) is 25.3 Å². The number of aliphatic hydroxyl groups excluding tert-OH is 1. The molecule has 2 N–H and O–H groups in total. The average molecular weight is 273 g/mol. The van der Waals surface area contributed by atoms with Gasteiger partial charge in [0.2, 0.25) is 0 Å². The van der Waals surface area contributed by atoms with Gasteiger partial charge in [-0.25, -0.2) is 0 Å².